The first-order chi connectivity index (χ1) is 13.6. The van der Waals surface area contributed by atoms with Crippen LogP contribution in [0.1, 0.15) is 13.3 Å². The molecule has 3 aromatic rings. The molecular weight excluding hydrogens is 369 g/mol. The molecule has 3 aromatic carbocycles. The Kier molecular flexibility index (Phi) is 6.43. The smallest absolute Gasteiger partial charge is 0.164 e. The van der Waals surface area contributed by atoms with Crippen molar-refractivity contribution < 1.29 is 14.0 Å². The number of ether oxygens (including phenoxy) is 2. The van der Waals surface area contributed by atoms with Crippen molar-refractivity contribution in [3.05, 3.63) is 78.9 Å². The molecular formula is C23H26NO3P. The average Bonchev–Trinajstić information content (AvgIpc) is 2.77. The lowest BCUT2D eigenvalue weighted by molar-refractivity contribution is 0.415. The predicted octanol–water partition coefficient (Wildman–Crippen LogP) is 4.87. The van der Waals surface area contributed by atoms with E-state index >= 15 is 0 Å². The molecule has 28 heavy (non-hydrogen) atoms. The van der Waals surface area contributed by atoms with E-state index in [1.807, 2.05) is 78.9 Å². The van der Waals surface area contributed by atoms with Gasteiger partial charge in [-0.1, -0.05) is 25.1 Å². The summed E-state index contributed by atoms with van der Waals surface area (Å²) in [6, 6.07) is 25.0. The molecule has 3 rings (SSSR count). The maximum atomic E-state index is 14.6. The second-order valence-electron chi connectivity index (χ2n) is 6.49. The molecule has 0 saturated heterocycles. The first-order valence-corrected chi connectivity index (χ1v) is 11.1. The van der Waals surface area contributed by atoms with Gasteiger partial charge < -0.3 is 19.4 Å². The van der Waals surface area contributed by atoms with E-state index in [-0.39, 0.29) is 5.78 Å². The maximum Gasteiger partial charge on any atom is 0.164 e. The van der Waals surface area contributed by atoms with E-state index in [4.69, 9.17) is 9.47 Å². The van der Waals surface area contributed by atoms with Gasteiger partial charge in [0.1, 0.15) is 11.5 Å². The Balaban J connectivity index is 2.09. The molecule has 0 saturated carbocycles. The quantitative estimate of drug-likeness (QED) is 0.553. The van der Waals surface area contributed by atoms with Crippen LogP contribution in [0.3, 0.4) is 0 Å². The van der Waals surface area contributed by atoms with Crippen molar-refractivity contribution in [1.82, 2.24) is 0 Å². The summed E-state index contributed by atoms with van der Waals surface area (Å²) in [5.41, 5.74) is 0.955. The largest absolute Gasteiger partial charge is 0.497 e. The predicted molar refractivity (Wildman–Crippen MR) is 117 cm³/mol. The van der Waals surface area contributed by atoms with Crippen molar-refractivity contribution in [2.75, 3.05) is 19.5 Å². The standard InChI is InChI=1S/C23H26NO3P/c1-4-23(24-18-8-6-5-7-9-18)28(25,21-14-10-19(26-2)11-15-21)22-16-12-20(27-3)13-17-22/h5-17,23-24H,4H2,1-3H3. The number of para-hydroxylation sites is 1. The molecule has 0 aromatic heterocycles. The minimum Gasteiger partial charge on any atom is -0.497 e. The molecule has 0 aliphatic carbocycles. The van der Waals surface area contributed by atoms with E-state index in [1.54, 1.807) is 14.2 Å². The van der Waals surface area contributed by atoms with E-state index in [0.717, 1.165) is 27.8 Å². The molecule has 1 N–H and O–H groups in total. The van der Waals surface area contributed by atoms with Crippen LogP contribution in [-0.4, -0.2) is 20.0 Å². The van der Waals surface area contributed by atoms with Gasteiger partial charge in [-0.15, -0.1) is 0 Å². The van der Waals surface area contributed by atoms with Gasteiger partial charge in [-0.3, -0.25) is 0 Å². The van der Waals surface area contributed by atoms with Crippen molar-refractivity contribution >= 4 is 23.4 Å². The topological polar surface area (TPSA) is 47.6 Å². The van der Waals surface area contributed by atoms with Crippen molar-refractivity contribution in [1.29, 1.82) is 0 Å². The van der Waals surface area contributed by atoms with Crippen molar-refractivity contribution in [3.8, 4) is 11.5 Å². The highest BCUT2D eigenvalue weighted by Crippen LogP contribution is 2.50. The maximum absolute atomic E-state index is 14.6. The molecule has 0 aliphatic heterocycles. The van der Waals surface area contributed by atoms with Crippen molar-refractivity contribution in [2.45, 2.75) is 19.1 Å². The summed E-state index contributed by atoms with van der Waals surface area (Å²) in [6.45, 7) is 2.06. The fourth-order valence-electron chi connectivity index (χ4n) is 3.29. The molecule has 0 heterocycles. The van der Waals surface area contributed by atoms with Gasteiger partial charge >= 0.3 is 0 Å². The number of benzene rings is 3. The Morgan fingerprint density at radius 3 is 1.64 bits per heavy atom. The lowest BCUT2D eigenvalue weighted by Crippen LogP contribution is -2.31. The van der Waals surface area contributed by atoms with E-state index in [9.17, 15) is 4.57 Å². The third-order valence-corrected chi connectivity index (χ3v) is 8.35. The number of rotatable bonds is 8. The third-order valence-electron chi connectivity index (χ3n) is 4.84. The number of anilines is 1. The molecule has 1 unspecified atom stereocenters. The van der Waals surface area contributed by atoms with Crippen molar-refractivity contribution in [3.63, 3.8) is 0 Å². The van der Waals surface area contributed by atoms with Gasteiger partial charge in [0.15, 0.2) is 7.14 Å². The Labute approximate surface area is 166 Å². The monoisotopic (exact) mass is 395 g/mol. The van der Waals surface area contributed by atoms with Gasteiger partial charge in [0, 0.05) is 16.3 Å². The zero-order chi connectivity index (χ0) is 20.0. The Hall–Kier alpha value is -2.71. The van der Waals surface area contributed by atoms with E-state index in [2.05, 4.69) is 12.2 Å². The van der Waals surface area contributed by atoms with Crippen LogP contribution in [0.5, 0.6) is 11.5 Å². The normalized spacial score (nSPS) is 12.2. The van der Waals surface area contributed by atoms with Gasteiger partial charge in [0.05, 0.1) is 20.0 Å². The average molecular weight is 395 g/mol. The van der Waals surface area contributed by atoms with Gasteiger partial charge in [-0.2, -0.15) is 0 Å². The lowest BCUT2D eigenvalue weighted by Gasteiger charge is -2.30. The van der Waals surface area contributed by atoms with Gasteiger partial charge in [-0.25, -0.2) is 0 Å². The zero-order valence-electron chi connectivity index (χ0n) is 16.5. The summed E-state index contributed by atoms with van der Waals surface area (Å²) in [7, 11) is 0.275. The number of hydrogen-bond acceptors (Lipinski definition) is 4. The summed E-state index contributed by atoms with van der Waals surface area (Å²) < 4.78 is 25.2. The second-order valence-corrected chi connectivity index (χ2v) is 9.46. The number of nitrogens with one attached hydrogen (secondary N) is 1. The first kappa shape index (κ1) is 20.0. The van der Waals surface area contributed by atoms with Crippen LogP contribution in [0.4, 0.5) is 5.69 Å². The van der Waals surface area contributed by atoms with Crippen LogP contribution in [-0.2, 0) is 4.57 Å². The highest BCUT2D eigenvalue weighted by molar-refractivity contribution is 7.79. The van der Waals surface area contributed by atoms with Crippen LogP contribution < -0.4 is 25.4 Å². The minimum atomic E-state index is -2.98. The summed E-state index contributed by atoms with van der Waals surface area (Å²) >= 11 is 0. The van der Waals surface area contributed by atoms with Gasteiger partial charge in [0.2, 0.25) is 0 Å². The second kappa shape index (κ2) is 8.99. The molecule has 1 atom stereocenters. The summed E-state index contributed by atoms with van der Waals surface area (Å²) in [5.74, 6) is 1.25. The van der Waals surface area contributed by atoms with Gasteiger partial charge in [0.25, 0.3) is 0 Å². The Morgan fingerprint density at radius 1 is 0.786 bits per heavy atom. The third kappa shape index (κ3) is 4.07. The molecule has 0 radical (unpaired) electrons. The Morgan fingerprint density at radius 2 is 1.25 bits per heavy atom. The molecule has 0 fully saturated rings. The lowest BCUT2D eigenvalue weighted by atomic mass is 10.3. The van der Waals surface area contributed by atoms with Crippen LogP contribution in [0.2, 0.25) is 0 Å². The molecule has 0 bridgehead atoms. The number of hydrogen-bond donors (Lipinski definition) is 1. The van der Waals surface area contributed by atoms with Crippen LogP contribution in [0.25, 0.3) is 0 Å². The molecule has 146 valence electrons. The number of methoxy groups -OCH3 is 2. The first-order valence-electron chi connectivity index (χ1n) is 9.32. The molecule has 0 spiro atoms. The summed E-state index contributed by atoms with van der Waals surface area (Å²) in [5, 5.41) is 5.10. The van der Waals surface area contributed by atoms with Crippen LogP contribution >= 0.6 is 7.14 Å². The highest BCUT2D eigenvalue weighted by atomic mass is 31.2. The zero-order valence-corrected chi connectivity index (χ0v) is 17.4. The van der Waals surface area contributed by atoms with Crippen molar-refractivity contribution in [2.24, 2.45) is 0 Å². The van der Waals surface area contributed by atoms with Crippen LogP contribution in [0.15, 0.2) is 78.9 Å². The molecule has 0 aliphatic rings. The summed E-state index contributed by atoms with van der Waals surface area (Å²) in [6.07, 6.45) is 0.713. The minimum absolute atomic E-state index is 0.239. The Bertz CT molecular complexity index is 873. The summed E-state index contributed by atoms with van der Waals surface area (Å²) in [4.78, 5) is 0. The fraction of sp³-hybridized carbons (Fsp3) is 0.217. The van der Waals surface area contributed by atoms with Crippen LogP contribution in [0, 0.1) is 0 Å². The molecule has 0 amide bonds. The molecule has 4 nitrogen and oxygen atoms in total. The van der Waals surface area contributed by atoms with E-state index in [1.165, 1.54) is 0 Å². The van der Waals surface area contributed by atoms with Gasteiger partial charge in [-0.05, 0) is 67.1 Å². The SMILES string of the molecule is CCC(Nc1ccccc1)P(=O)(c1ccc(OC)cc1)c1ccc(OC)cc1. The van der Waals surface area contributed by atoms with E-state index < -0.39 is 7.14 Å². The highest BCUT2D eigenvalue weighted by Gasteiger charge is 2.36. The van der Waals surface area contributed by atoms with E-state index in [0.29, 0.717) is 6.42 Å². The fourth-order valence-corrected chi connectivity index (χ4v) is 6.34. The molecule has 5 heteroatoms.